The summed E-state index contributed by atoms with van der Waals surface area (Å²) >= 11 is 0. The maximum absolute atomic E-state index is 11.1. The first kappa shape index (κ1) is 13.1. The zero-order chi connectivity index (χ0) is 14.3. The van der Waals surface area contributed by atoms with Gasteiger partial charge in [0.2, 0.25) is 0 Å². The van der Waals surface area contributed by atoms with E-state index in [1.54, 1.807) is 0 Å². The average Bonchev–Trinajstić information content (AvgIpc) is 2.53. The molecule has 1 aliphatic rings. The summed E-state index contributed by atoms with van der Waals surface area (Å²) < 4.78 is 0. The maximum atomic E-state index is 11.1. The molecule has 0 N–H and O–H groups in total. The zero-order valence-corrected chi connectivity index (χ0v) is 7.93. The van der Waals surface area contributed by atoms with E-state index in [2.05, 4.69) is 4.99 Å². The van der Waals surface area contributed by atoms with Gasteiger partial charge in [-0.3, -0.25) is 45.5 Å². The van der Waals surface area contributed by atoms with Gasteiger partial charge in [-0.15, -0.1) is 4.99 Å². The molecule has 0 radical (unpaired) electrons. The molecule has 98 valence electrons. The van der Waals surface area contributed by atoms with E-state index in [4.69, 9.17) is 0 Å². The SMILES string of the molecule is O=[N+]([O-])C1([N+](=O)[O-])N=CN([O-])C1([N+](=O)[O-])[N+](=O)[O-]. The van der Waals surface area contributed by atoms with Crippen molar-refractivity contribution in [1.29, 1.82) is 0 Å². The van der Waals surface area contributed by atoms with Gasteiger partial charge in [0.15, 0.2) is 0 Å². The third-order valence-corrected chi connectivity index (χ3v) is 2.12. The Morgan fingerprint density at radius 1 is 0.889 bits per heavy atom. The summed E-state index contributed by atoms with van der Waals surface area (Å²) in [5, 5.41) is 52.4. The number of aliphatic imine (C=N–C) groups is 1. The van der Waals surface area contributed by atoms with E-state index in [1.807, 2.05) is 0 Å². The van der Waals surface area contributed by atoms with Crippen molar-refractivity contribution >= 4 is 6.34 Å². The van der Waals surface area contributed by atoms with Gasteiger partial charge in [0.25, 0.3) is 0 Å². The van der Waals surface area contributed by atoms with Crippen LogP contribution in [0.1, 0.15) is 0 Å². The fourth-order valence-electron chi connectivity index (χ4n) is 1.33. The molecule has 0 unspecified atom stereocenters. The molecular formula is C3HN6O9-. The van der Waals surface area contributed by atoms with Crippen LogP contribution in [0.5, 0.6) is 0 Å². The first-order valence-electron chi connectivity index (χ1n) is 3.75. The van der Waals surface area contributed by atoms with Crippen LogP contribution in [0, 0.1) is 45.7 Å². The van der Waals surface area contributed by atoms with Crippen molar-refractivity contribution in [3.63, 3.8) is 0 Å². The summed E-state index contributed by atoms with van der Waals surface area (Å²) in [6.45, 7) is 0. The van der Waals surface area contributed by atoms with E-state index >= 15 is 0 Å². The Hall–Kier alpha value is -2.97. The Kier molecular flexibility index (Phi) is 2.56. The monoisotopic (exact) mass is 265 g/mol. The van der Waals surface area contributed by atoms with E-state index in [-0.39, 0.29) is 6.34 Å². The van der Waals surface area contributed by atoms with Crippen molar-refractivity contribution in [3.8, 4) is 0 Å². The fourth-order valence-corrected chi connectivity index (χ4v) is 1.33. The molecule has 15 nitrogen and oxygen atoms in total. The predicted octanol–water partition coefficient (Wildman–Crippen LogP) is -1.76. The van der Waals surface area contributed by atoms with Crippen molar-refractivity contribution in [2.24, 2.45) is 4.99 Å². The third kappa shape index (κ3) is 1.07. The minimum absolute atomic E-state index is 0.239. The standard InChI is InChI=1S/C3HN6O9/c10-5-1-4-2(6(11)12,7(13)14)3(5,8(15)16)9(17)18/h1H/q-1. The van der Waals surface area contributed by atoms with Gasteiger partial charge in [-0.05, 0) is 0 Å². The molecule has 1 heterocycles. The van der Waals surface area contributed by atoms with Crippen LogP contribution in [-0.4, -0.2) is 42.7 Å². The zero-order valence-electron chi connectivity index (χ0n) is 7.93. The normalized spacial score (nSPS) is 19.5. The van der Waals surface area contributed by atoms with Crippen molar-refractivity contribution in [2.45, 2.75) is 11.6 Å². The largest absolute Gasteiger partial charge is 0.747 e. The van der Waals surface area contributed by atoms with Gasteiger partial charge in [0.1, 0.15) is 26.0 Å². The second-order valence-electron chi connectivity index (χ2n) is 2.87. The molecule has 0 saturated carbocycles. The molecule has 0 amide bonds. The molecule has 18 heavy (non-hydrogen) atoms. The average molecular weight is 265 g/mol. The first-order valence-corrected chi connectivity index (χ1v) is 3.75. The molecule has 0 saturated heterocycles. The summed E-state index contributed by atoms with van der Waals surface area (Å²) in [6, 6.07) is 0. The molecule has 0 bridgehead atoms. The molecule has 1 rings (SSSR count). The molecular weight excluding hydrogens is 264 g/mol. The van der Waals surface area contributed by atoms with Crippen molar-refractivity contribution < 1.29 is 19.7 Å². The molecule has 15 heteroatoms. The van der Waals surface area contributed by atoms with Gasteiger partial charge in [-0.1, -0.05) is 0 Å². The van der Waals surface area contributed by atoms with Crippen LogP contribution in [-0.2, 0) is 0 Å². The summed E-state index contributed by atoms with van der Waals surface area (Å²) in [4.78, 5) is 36.9. The Bertz CT molecular complexity index is 455. The number of rotatable bonds is 4. The van der Waals surface area contributed by atoms with E-state index in [0.29, 0.717) is 0 Å². The summed E-state index contributed by atoms with van der Waals surface area (Å²) in [6.07, 6.45) is -0.239. The van der Waals surface area contributed by atoms with Gasteiger partial charge < -0.3 is 5.21 Å². The molecule has 1 aliphatic heterocycles. The van der Waals surface area contributed by atoms with Gasteiger partial charge in [-0.2, -0.15) is 0 Å². The molecule has 0 aromatic heterocycles. The van der Waals surface area contributed by atoms with Crippen LogP contribution in [0.25, 0.3) is 0 Å². The highest BCUT2D eigenvalue weighted by Crippen LogP contribution is 2.37. The van der Waals surface area contributed by atoms with E-state index < -0.39 is 36.3 Å². The second-order valence-corrected chi connectivity index (χ2v) is 2.87. The summed E-state index contributed by atoms with van der Waals surface area (Å²) in [7, 11) is 0. The molecule has 0 atom stereocenters. The lowest BCUT2D eigenvalue weighted by atomic mass is 10.2. The highest BCUT2D eigenvalue weighted by molar-refractivity contribution is 5.59. The topological polar surface area (TPSA) is 211 Å². The van der Waals surface area contributed by atoms with Crippen LogP contribution >= 0.6 is 0 Å². The minimum Gasteiger partial charge on any atom is -0.747 e. The van der Waals surface area contributed by atoms with Crippen LogP contribution < -0.4 is 0 Å². The lowest BCUT2D eigenvalue weighted by molar-refractivity contribution is -0.945. The molecule has 0 aromatic rings. The Morgan fingerprint density at radius 3 is 1.50 bits per heavy atom. The van der Waals surface area contributed by atoms with Crippen molar-refractivity contribution in [3.05, 3.63) is 45.7 Å². The van der Waals surface area contributed by atoms with Gasteiger partial charge in [-0.25, -0.2) is 0 Å². The molecule has 0 fully saturated rings. The number of hydrogen-bond acceptors (Lipinski definition) is 11. The van der Waals surface area contributed by atoms with Crippen LogP contribution in [0.3, 0.4) is 0 Å². The van der Waals surface area contributed by atoms with Gasteiger partial charge in [0.05, 0.1) is 0 Å². The number of hydrogen-bond donors (Lipinski definition) is 0. The van der Waals surface area contributed by atoms with E-state index in [0.717, 1.165) is 0 Å². The summed E-state index contributed by atoms with van der Waals surface area (Å²) in [5.74, 6) is -8.64. The lowest BCUT2D eigenvalue weighted by Gasteiger charge is -2.25. The number of hydroxylamine groups is 2. The quantitative estimate of drug-likeness (QED) is 0.317. The van der Waals surface area contributed by atoms with Crippen molar-refractivity contribution in [2.75, 3.05) is 0 Å². The predicted molar refractivity (Wildman–Crippen MR) is 47.1 cm³/mol. The molecule has 0 spiro atoms. The van der Waals surface area contributed by atoms with Crippen LogP contribution in [0.2, 0.25) is 0 Å². The Morgan fingerprint density at radius 2 is 1.28 bits per heavy atom. The summed E-state index contributed by atoms with van der Waals surface area (Å²) in [5.41, 5.74) is 0. The number of nitro groups is 4. The minimum atomic E-state index is -4.39. The van der Waals surface area contributed by atoms with E-state index in [9.17, 15) is 45.7 Å². The highest BCUT2D eigenvalue weighted by atomic mass is 16.7. The van der Waals surface area contributed by atoms with Gasteiger partial charge in [0, 0.05) is 0 Å². The molecule has 0 aliphatic carbocycles. The van der Waals surface area contributed by atoms with Crippen LogP contribution in [0.4, 0.5) is 0 Å². The Balaban J connectivity index is 3.75. The lowest BCUT2D eigenvalue weighted by Crippen LogP contribution is -2.73. The fraction of sp³-hybridized carbons (Fsp3) is 0.667. The third-order valence-electron chi connectivity index (χ3n) is 2.12. The van der Waals surface area contributed by atoms with Gasteiger partial charge >= 0.3 is 11.6 Å². The van der Waals surface area contributed by atoms with E-state index in [1.165, 1.54) is 0 Å². The van der Waals surface area contributed by atoms with Crippen LogP contribution in [0.15, 0.2) is 4.99 Å². The first-order chi connectivity index (χ1) is 8.15. The molecule has 0 aromatic carbocycles. The Labute approximate surface area is 94.5 Å². The smallest absolute Gasteiger partial charge is 0.727 e. The number of nitrogens with zero attached hydrogens (tertiary/aromatic N) is 6. The second kappa shape index (κ2) is 3.52. The van der Waals surface area contributed by atoms with Crippen molar-refractivity contribution in [1.82, 2.24) is 5.06 Å². The highest BCUT2D eigenvalue weighted by Gasteiger charge is 2.97. The maximum Gasteiger partial charge on any atom is 0.727 e.